The van der Waals surface area contributed by atoms with Crippen molar-refractivity contribution in [1.29, 1.82) is 0 Å². The average Bonchev–Trinajstić information content (AvgIpc) is 2.45. The summed E-state index contributed by atoms with van der Waals surface area (Å²) in [6.07, 6.45) is 6.47. The predicted octanol–water partition coefficient (Wildman–Crippen LogP) is 3.72. The van der Waals surface area contributed by atoms with Gasteiger partial charge in [-0.2, -0.15) is 0 Å². The van der Waals surface area contributed by atoms with Gasteiger partial charge in [-0.05, 0) is 45.1 Å². The van der Waals surface area contributed by atoms with Crippen LogP contribution in [0.15, 0.2) is 18.2 Å². The topological polar surface area (TPSA) is 32.3 Å². The second-order valence-corrected chi connectivity index (χ2v) is 6.76. The molecule has 2 N–H and O–H groups in total. The SMILES string of the molecule is Cc1cc(C)cc(CN[C@](C)(CO)C2CCCCC2)c1. The van der Waals surface area contributed by atoms with E-state index in [4.69, 9.17) is 0 Å². The summed E-state index contributed by atoms with van der Waals surface area (Å²) in [5.74, 6) is 0.604. The van der Waals surface area contributed by atoms with Crippen LogP contribution in [0.5, 0.6) is 0 Å². The average molecular weight is 275 g/mol. The second-order valence-electron chi connectivity index (χ2n) is 6.76. The molecule has 0 radical (unpaired) electrons. The number of hydrogen-bond donors (Lipinski definition) is 2. The van der Waals surface area contributed by atoms with Crippen LogP contribution in [-0.2, 0) is 6.54 Å². The Kier molecular flexibility index (Phi) is 5.22. The van der Waals surface area contributed by atoms with E-state index in [2.05, 4.69) is 44.3 Å². The molecule has 0 spiro atoms. The van der Waals surface area contributed by atoms with Crippen molar-refractivity contribution in [3.05, 3.63) is 34.9 Å². The van der Waals surface area contributed by atoms with Crippen LogP contribution in [0.25, 0.3) is 0 Å². The number of rotatable bonds is 5. The lowest BCUT2D eigenvalue weighted by Crippen LogP contribution is -2.52. The molecule has 1 aliphatic rings. The van der Waals surface area contributed by atoms with Crippen LogP contribution in [0.4, 0.5) is 0 Å². The Morgan fingerprint density at radius 1 is 1.10 bits per heavy atom. The molecule has 2 heteroatoms. The number of aliphatic hydroxyl groups is 1. The third-order valence-electron chi connectivity index (χ3n) is 4.81. The van der Waals surface area contributed by atoms with Gasteiger partial charge in [0, 0.05) is 12.1 Å². The highest BCUT2D eigenvalue weighted by Gasteiger charge is 2.33. The predicted molar refractivity (Wildman–Crippen MR) is 84.8 cm³/mol. The fourth-order valence-electron chi connectivity index (χ4n) is 3.54. The van der Waals surface area contributed by atoms with Crippen molar-refractivity contribution in [2.45, 2.75) is 65.0 Å². The third-order valence-corrected chi connectivity index (χ3v) is 4.81. The molecule has 2 rings (SSSR count). The molecule has 1 fully saturated rings. The Bertz CT molecular complexity index is 417. The molecule has 1 atom stereocenters. The zero-order chi connectivity index (χ0) is 14.6. The summed E-state index contributed by atoms with van der Waals surface area (Å²) in [7, 11) is 0. The molecule has 0 saturated heterocycles. The highest BCUT2D eigenvalue weighted by atomic mass is 16.3. The van der Waals surface area contributed by atoms with Crippen molar-refractivity contribution in [3.8, 4) is 0 Å². The van der Waals surface area contributed by atoms with Crippen molar-refractivity contribution in [2.75, 3.05) is 6.61 Å². The smallest absolute Gasteiger partial charge is 0.0613 e. The minimum atomic E-state index is -0.141. The minimum absolute atomic E-state index is 0.141. The molecule has 2 nitrogen and oxygen atoms in total. The van der Waals surface area contributed by atoms with E-state index in [-0.39, 0.29) is 12.1 Å². The molecule has 20 heavy (non-hydrogen) atoms. The van der Waals surface area contributed by atoms with Crippen molar-refractivity contribution < 1.29 is 5.11 Å². The number of aryl methyl sites for hydroxylation is 2. The van der Waals surface area contributed by atoms with Gasteiger partial charge in [-0.15, -0.1) is 0 Å². The monoisotopic (exact) mass is 275 g/mol. The van der Waals surface area contributed by atoms with Gasteiger partial charge >= 0.3 is 0 Å². The molecular weight excluding hydrogens is 246 g/mol. The van der Waals surface area contributed by atoms with E-state index in [9.17, 15) is 5.11 Å². The van der Waals surface area contributed by atoms with E-state index in [1.165, 1.54) is 48.8 Å². The summed E-state index contributed by atoms with van der Waals surface area (Å²) in [5.41, 5.74) is 3.80. The Morgan fingerprint density at radius 3 is 2.25 bits per heavy atom. The van der Waals surface area contributed by atoms with E-state index in [0.29, 0.717) is 5.92 Å². The van der Waals surface area contributed by atoms with Gasteiger partial charge in [0.25, 0.3) is 0 Å². The summed E-state index contributed by atoms with van der Waals surface area (Å²) in [6, 6.07) is 6.67. The third kappa shape index (κ3) is 3.83. The molecule has 1 aromatic rings. The van der Waals surface area contributed by atoms with Crippen LogP contribution >= 0.6 is 0 Å². The number of nitrogens with one attached hydrogen (secondary N) is 1. The van der Waals surface area contributed by atoms with Crippen LogP contribution in [0.2, 0.25) is 0 Å². The molecule has 0 aromatic heterocycles. The van der Waals surface area contributed by atoms with Gasteiger partial charge in [0.1, 0.15) is 0 Å². The first-order valence-corrected chi connectivity index (χ1v) is 7.96. The maximum Gasteiger partial charge on any atom is 0.0613 e. The van der Waals surface area contributed by atoms with E-state index in [1.54, 1.807) is 0 Å². The molecule has 0 unspecified atom stereocenters. The molecule has 1 aromatic carbocycles. The first-order chi connectivity index (χ1) is 9.53. The molecular formula is C18H29NO. The van der Waals surface area contributed by atoms with Crippen LogP contribution in [-0.4, -0.2) is 17.3 Å². The van der Waals surface area contributed by atoms with Crippen LogP contribution < -0.4 is 5.32 Å². The van der Waals surface area contributed by atoms with Crippen LogP contribution in [0.3, 0.4) is 0 Å². The van der Waals surface area contributed by atoms with E-state index in [1.807, 2.05) is 0 Å². The molecule has 0 amide bonds. The first-order valence-electron chi connectivity index (χ1n) is 7.96. The van der Waals surface area contributed by atoms with E-state index < -0.39 is 0 Å². The van der Waals surface area contributed by atoms with Crippen molar-refractivity contribution in [3.63, 3.8) is 0 Å². The Labute approximate surface area is 123 Å². The summed E-state index contributed by atoms with van der Waals surface area (Å²) in [4.78, 5) is 0. The van der Waals surface area contributed by atoms with E-state index >= 15 is 0 Å². The normalized spacial score (nSPS) is 19.8. The first kappa shape index (κ1) is 15.5. The fourth-order valence-corrected chi connectivity index (χ4v) is 3.54. The van der Waals surface area contributed by atoms with Gasteiger partial charge in [0.15, 0.2) is 0 Å². The lowest BCUT2D eigenvalue weighted by Gasteiger charge is -2.39. The van der Waals surface area contributed by atoms with E-state index in [0.717, 1.165) is 6.54 Å². The maximum atomic E-state index is 9.86. The fraction of sp³-hybridized carbons (Fsp3) is 0.667. The number of benzene rings is 1. The number of hydrogen-bond acceptors (Lipinski definition) is 2. The zero-order valence-corrected chi connectivity index (χ0v) is 13.2. The van der Waals surface area contributed by atoms with Gasteiger partial charge < -0.3 is 10.4 Å². The Morgan fingerprint density at radius 2 is 1.70 bits per heavy atom. The van der Waals surface area contributed by atoms with Crippen molar-refractivity contribution in [1.82, 2.24) is 5.32 Å². The highest BCUT2D eigenvalue weighted by molar-refractivity contribution is 5.28. The molecule has 112 valence electrons. The molecule has 0 bridgehead atoms. The zero-order valence-electron chi connectivity index (χ0n) is 13.2. The van der Waals surface area contributed by atoms with Crippen LogP contribution in [0.1, 0.15) is 55.7 Å². The lowest BCUT2D eigenvalue weighted by molar-refractivity contribution is 0.0937. The minimum Gasteiger partial charge on any atom is -0.394 e. The van der Waals surface area contributed by atoms with Gasteiger partial charge in [-0.3, -0.25) is 0 Å². The summed E-state index contributed by atoms with van der Waals surface area (Å²) in [6.45, 7) is 7.54. The van der Waals surface area contributed by atoms with Gasteiger partial charge in [0.2, 0.25) is 0 Å². The summed E-state index contributed by atoms with van der Waals surface area (Å²) < 4.78 is 0. The maximum absolute atomic E-state index is 9.86. The van der Waals surface area contributed by atoms with Crippen molar-refractivity contribution in [2.24, 2.45) is 5.92 Å². The van der Waals surface area contributed by atoms with Gasteiger partial charge in [-0.1, -0.05) is 48.6 Å². The summed E-state index contributed by atoms with van der Waals surface area (Å²) in [5, 5.41) is 13.5. The Hall–Kier alpha value is -0.860. The standard InChI is InChI=1S/C18H29NO/c1-14-9-15(2)11-16(10-14)12-19-18(3,13-20)17-7-5-4-6-8-17/h9-11,17,19-20H,4-8,12-13H2,1-3H3/t18-/m1/s1. The highest BCUT2D eigenvalue weighted by Crippen LogP contribution is 2.32. The largest absolute Gasteiger partial charge is 0.394 e. The molecule has 0 heterocycles. The second kappa shape index (κ2) is 6.73. The molecule has 0 aliphatic heterocycles. The lowest BCUT2D eigenvalue weighted by atomic mass is 9.76. The summed E-state index contributed by atoms with van der Waals surface area (Å²) >= 11 is 0. The Balaban J connectivity index is 2.02. The van der Waals surface area contributed by atoms with Gasteiger partial charge in [0.05, 0.1) is 6.61 Å². The molecule has 1 aliphatic carbocycles. The van der Waals surface area contributed by atoms with Crippen LogP contribution in [0, 0.1) is 19.8 Å². The van der Waals surface area contributed by atoms with Crippen molar-refractivity contribution >= 4 is 0 Å². The quantitative estimate of drug-likeness (QED) is 0.858. The molecule has 1 saturated carbocycles. The number of aliphatic hydroxyl groups excluding tert-OH is 1. The van der Waals surface area contributed by atoms with Gasteiger partial charge in [-0.25, -0.2) is 0 Å².